The van der Waals surface area contributed by atoms with Crippen molar-refractivity contribution in [2.45, 2.75) is 20.0 Å². The first-order valence-corrected chi connectivity index (χ1v) is 8.74. The van der Waals surface area contributed by atoms with E-state index in [1.54, 1.807) is 31.2 Å². The van der Waals surface area contributed by atoms with Crippen LogP contribution in [0.25, 0.3) is 0 Å². The molecule has 2 rings (SSSR count). The van der Waals surface area contributed by atoms with Gasteiger partial charge in [0.25, 0.3) is 5.91 Å². The van der Waals surface area contributed by atoms with Crippen LogP contribution in [0.15, 0.2) is 48.5 Å². The van der Waals surface area contributed by atoms with Gasteiger partial charge in [0.2, 0.25) is 5.91 Å². The largest absolute Gasteiger partial charge is 0.494 e. The minimum absolute atomic E-state index is 0.223. The monoisotopic (exact) mass is 394 g/mol. The Morgan fingerprint density at radius 2 is 1.68 bits per heavy atom. The van der Waals surface area contributed by atoms with Crippen molar-refractivity contribution in [3.8, 4) is 5.75 Å². The molecule has 2 amide bonds. The highest BCUT2D eigenvalue weighted by Gasteiger charge is 2.33. The minimum Gasteiger partial charge on any atom is -0.494 e. The summed E-state index contributed by atoms with van der Waals surface area (Å²) >= 11 is 0. The molecule has 1 N–H and O–H groups in total. The molecule has 0 fully saturated rings. The molecule has 8 heteroatoms. The first-order valence-electron chi connectivity index (χ1n) is 8.74. The maximum Gasteiger partial charge on any atom is 0.418 e. The van der Waals surface area contributed by atoms with Gasteiger partial charge in [-0.2, -0.15) is 13.2 Å². The van der Waals surface area contributed by atoms with Crippen molar-refractivity contribution in [2.75, 3.05) is 25.0 Å². The van der Waals surface area contributed by atoms with E-state index in [1.807, 2.05) is 6.92 Å². The molecule has 0 aliphatic heterocycles. The Balaban J connectivity index is 2.08. The summed E-state index contributed by atoms with van der Waals surface area (Å²) in [5, 5.41) is 2.24. The number of benzene rings is 2. The molecule has 0 saturated carbocycles. The molecule has 0 spiro atoms. The summed E-state index contributed by atoms with van der Waals surface area (Å²) in [6.45, 7) is 3.87. The highest BCUT2D eigenvalue weighted by Crippen LogP contribution is 2.34. The van der Waals surface area contributed by atoms with Crippen molar-refractivity contribution >= 4 is 17.5 Å². The van der Waals surface area contributed by atoms with Crippen molar-refractivity contribution < 1.29 is 27.5 Å². The summed E-state index contributed by atoms with van der Waals surface area (Å²) in [4.78, 5) is 26.1. The van der Waals surface area contributed by atoms with Crippen molar-refractivity contribution in [3.63, 3.8) is 0 Å². The van der Waals surface area contributed by atoms with E-state index in [0.717, 1.165) is 6.07 Å². The zero-order valence-corrected chi connectivity index (χ0v) is 15.5. The standard InChI is InChI=1S/C20H21F3N2O3/c1-3-25(19(27)14-9-11-15(12-10-14)28-4-2)13-18(26)24-17-8-6-5-7-16(17)20(21,22)23/h5-12H,3-4,13H2,1-2H3,(H,24,26). The number of ether oxygens (including phenoxy) is 1. The lowest BCUT2D eigenvalue weighted by Gasteiger charge is -2.21. The van der Waals surface area contributed by atoms with Crippen LogP contribution in [0.3, 0.4) is 0 Å². The minimum atomic E-state index is -4.59. The molecule has 0 saturated heterocycles. The van der Waals surface area contributed by atoms with Crippen LogP contribution in [0.1, 0.15) is 29.8 Å². The second-order valence-corrected chi connectivity index (χ2v) is 5.87. The zero-order valence-electron chi connectivity index (χ0n) is 15.5. The molecule has 0 aliphatic carbocycles. The van der Waals surface area contributed by atoms with Gasteiger partial charge in [-0.15, -0.1) is 0 Å². The fraction of sp³-hybridized carbons (Fsp3) is 0.300. The lowest BCUT2D eigenvalue weighted by Crippen LogP contribution is -2.38. The second kappa shape index (κ2) is 9.25. The molecule has 0 radical (unpaired) electrons. The summed E-state index contributed by atoms with van der Waals surface area (Å²) in [7, 11) is 0. The second-order valence-electron chi connectivity index (χ2n) is 5.87. The van der Waals surface area contributed by atoms with Gasteiger partial charge in [-0.3, -0.25) is 9.59 Å². The number of rotatable bonds is 7. The fourth-order valence-corrected chi connectivity index (χ4v) is 2.57. The van der Waals surface area contributed by atoms with E-state index < -0.39 is 23.6 Å². The molecule has 0 bridgehead atoms. The van der Waals surface area contributed by atoms with E-state index in [9.17, 15) is 22.8 Å². The molecule has 2 aromatic rings. The first kappa shape index (κ1) is 21.3. The van der Waals surface area contributed by atoms with Crippen LogP contribution in [-0.4, -0.2) is 36.4 Å². The molecule has 2 aromatic carbocycles. The van der Waals surface area contributed by atoms with Crippen LogP contribution >= 0.6 is 0 Å². The third-order valence-electron chi connectivity index (χ3n) is 3.92. The summed E-state index contributed by atoms with van der Waals surface area (Å²) in [6.07, 6.45) is -4.59. The quantitative estimate of drug-likeness (QED) is 0.766. The summed E-state index contributed by atoms with van der Waals surface area (Å²) < 4.78 is 44.4. The van der Waals surface area contributed by atoms with Gasteiger partial charge in [-0.25, -0.2) is 0 Å². The van der Waals surface area contributed by atoms with E-state index in [0.29, 0.717) is 17.9 Å². The Kier molecular flexibility index (Phi) is 7.03. The molecule has 0 aliphatic rings. The highest BCUT2D eigenvalue weighted by molar-refractivity contribution is 5.99. The van der Waals surface area contributed by atoms with Crippen LogP contribution in [0.4, 0.5) is 18.9 Å². The number of alkyl halides is 3. The van der Waals surface area contributed by atoms with Crippen LogP contribution in [0.5, 0.6) is 5.75 Å². The third kappa shape index (κ3) is 5.48. The number of halogens is 3. The number of nitrogens with zero attached hydrogens (tertiary/aromatic N) is 1. The number of anilines is 1. The van der Waals surface area contributed by atoms with Crippen molar-refractivity contribution in [3.05, 3.63) is 59.7 Å². The van der Waals surface area contributed by atoms with Crippen molar-refractivity contribution in [2.24, 2.45) is 0 Å². The number of para-hydroxylation sites is 1. The van der Waals surface area contributed by atoms with Crippen LogP contribution < -0.4 is 10.1 Å². The van der Waals surface area contributed by atoms with Gasteiger partial charge in [0.05, 0.1) is 17.9 Å². The molecule has 0 heterocycles. The molecule has 0 unspecified atom stereocenters. The maximum atomic E-state index is 13.0. The van der Waals surface area contributed by atoms with Crippen molar-refractivity contribution in [1.29, 1.82) is 0 Å². The van der Waals surface area contributed by atoms with E-state index in [2.05, 4.69) is 5.32 Å². The molecule has 0 aromatic heterocycles. The van der Waals surface area contributed by atoms with Gasteiger partial charge >= 0.3 is 6.18 Å². The van der Waals surface area contributed by atoms with E-state index >= 15 is 0 Å². The molecule has 28 heavy (non-hydrogen) atoms. The SMILES string of the molecule is CCOc1ccc(C(=O)N(CC)CC(=O)Nc2ccccc2C(F)(F)F)cc1. The number of nitrogens with one attached hydrogen (secondary N) is 1. The molecule has 0 atom stereocenters. The summed E-state index contributed by atoms with van der Waals surface area (Å²) in [6, 6.07) is 11.1. The normalized spacial score (nSPS) is 11.0. The zero-order chi connectivity index (χ0) is 20.7. The number of hydrogen-bond acceptors (Lipinski definition) is 3. The van der Waals surface area contributed by atoms with Crippen LogP contribution in [0.2, 0.25) is 0 Å². The lowest BCUT2D eigenvalue weighted by molar-refractivity contribution is -0.137. The fourth-order valence-electron chi connectivity index (χ4n) is 2.57. The number of hydrogen-bond donors (Lipinski definition) is 1. The van der Waals surface area contributed by atoms with Crippen LogP contribution in [-0.2, 0) is 11.0 Å². The highest BCUT2D eigenvalue weighted by atomic mass is 19.4. The molecule has 150 valence electrons. The van der Waals surface area contributed by atoms with Gasteiger partial charge in [0.15, 0.2) is 0 Å². The van der Waals surface area contributed by atoms with E-state index in [-0.39, 0.29) is 18.8 Å². The average molecular weight is 394 g/mol. The number of carbonyl (C=O) groups is 2. The summed E-state index contributed by atoms with van der Waals surface area (Å²) in [5.74, 6) is -0.494. The Morgan fingerprint density at radius 1 is 1.04 bits per heavy atom. The Bertz CT molecular complexity index is 820. The molecular weight excluding hydrogens is 373 g/mol. The predicted molar refractivity (Wildman–Crippen MR) is 99.3 cm³/mol. The van der Waals surface area contributed by atoms with Crippen LogP contribution in [0, 0.1) is 0 Å². The molecule has 5 nitrogen and oxygen atoms in total. The number of carbonyl (C=O) groups excluding carboxylic acids is 2. The first-order chi connectivity index (χ1) is 13.3. The number of amides is 2. The maximum absolute atomic E-state index is 13.0. The summed E-state index contributed by atoms with van der Waals surface area (Å²) in [5.41, 5.74) is -0.928. The van der Waals surface area contributed by atoms with Gasteiger partial charge in [-0.1, -0.05) is 12.1 Å². The average Bonchev–Trinajstić information content (AvgIpc) is 2.66. The Hall–Kier alpha value is -3.03. The van der Waals surface area contributed by atoms with E-state index in [4.69, 9.17) is 4.74 Å². The predicted octanol–water partition coefficient (Wildman–Crippen LogP) is 4.20. The Morgan fingerprint density at radius 3 is 2.25 bits per heavy atom. The smallest absolute Gasteiger partial charge is 0.418 e. The topological polar surface area (TPSA) is 58.6 Å². The van der Waals surface area contributed by atoms with E-state index in [1.165, 1.54) is 23.1 Å². The van der Waals surface area contributed by atoms with Gasteiger partial charge < -0.3 is 15.0 Å². The number of likely N-dealkylation sites (N-methyl/N-ethyl adjacent to an activating group) is 1. The molecular formula is C20H21F3N2O3. The van der Waals surface area contributed by atoms with Gasteiger partial charge in [0, 0.05) is 12.1 Å². The van der Waals surface area contributed by atoms with Crippen molar-refractivity contribution in [1.82, 2.24) is 4.90 Å². The lowest BCUT2D eigenvalue weighted by atomic mass is 10.1. The van der Waals surface area contributed by atoms with Gasteiger partial charge in [-0.05, 0) is 50.2 Å². The van der Waals surface area contributed by atoms with Gasteiger partial charge in [0.1, 0.15) is 12.3 Å². The Labute approximate surface area is 161 Å². The third-order valence-corrected chi connectivity index (χ3v) is 3.92.